The van der Waals surface area contributed by atoms with E-state index < -0.39 is 0 Å². The third kappa shape index (κ3) is 6.56. The predicted molar refractivity (Wildman–Crippen MR) is 116 cm³/mol. The Hall–Kier alpha value is -2.27. The summed E-state index contributed by atoms with van der Waals surface area (Å²) in [6.45, 7) is 3.94. The number of ether oxygens (including phenoxy) is 1. The van der Waals surface area contributed by atoms with Gasteiger partial charge in [0.2, 0.25) is 0 Å². The molecule has 2 aromatic rings. The third-order valence-corrected chi connectivity index (χ3v) is 3.86. The van der Waals surface area contributed by atoms with Crippen molar-refractivity contribution in [2.45, 2.75) is 13.5 Å². The quantitative estimate of drug-likeness (QED) is 0.404. The fourth-order valence-corrected chi connectivity index (χ4v) is 2.43. The highest BCUT2D eigenvalue weighted by atomic mass is 127. The molecule has 0 aromatic heterocycles. The van der Waals surface area contributed by atoms with Gasteiger partial charge in [0, 0.05) is 20.6 Å². The lowest BCUT2D eigenvalue weighted by molar-refractivity contribution is 0.280. The molecule has 2 aromatic carbocycles. The van der Waals surface area contributed by atoms with E-state index in [-0.39, 0.29) is 24.0 Å². The molecule has 0 aliphatic carbocycles. The van der Waals surface area contributed by atoms with Crippen LogP contribution in [0.15, 0.2) is 53.5 Å². The number of halogens is 1. The summed E-state index contributed by atoms with van der Waals surface area (Å²) in [5, 5.41) is 12.3. The number of para-hydroxylation sites is 1. The summed E-state index contributed by atoms with van der Waals surface area (Å²) in [5.41, 5.74) is 2.84. The second-order valence-electron chi connectivity index (χ2n) is 5.75. The molecule has 26 heavy (non-hydrogen) atoms. The van der Waals surface area contributed by atoms with Crippen molar-refractivity contribution in [2.24, 2.45) is 4.99 Å². The summed E-state index contributed by atoms with van der Waals surface area (Å²) in [7, 11) is 3.73. The molecule has 5 nitrogen and oxygen atoms in total. The van der Waals surface area contributed by atoms with Crippen LogP contribution < -0.4 is 10.1 Å². The minimum atomic E-state index is 0. The molecule has 2 rings (SSSR count). The molecule has 0 unspecified atom stereocenters. The molecule has 0 saturated heterocycles. The van der Waals surface area contributed by atoms with Crippen molar-refractivity contribution in [3.05, 3.63) is 65.2 Å². The lowest BCUT2D eigenvalue weighted by atomic mass is 10.1. The van der Waals surface area contributed by atoms with Gasteiger partial charge in [-0.1, -0.05) is 30.3 Å². The molecule has 138 valence electrons. The highest BCUT2D eigenvalue weighted by molar-refractivity contribution is 14.0. The van der Waals surface area contributed by atoms with Gasteiger partial charge in [0.15, 0.2) is 5.96 Å². The van der Waals surface area contributed by atoms with Crippen LogP contribution in [0.25, 0.3) is 0 Å². The molecule has 0 fully saturated rings. The second-order valence-corrected chi connectivity index (χ2v) is 5.75. The number of benzene rings is 2. The van der Waals surface area contributed by atoms with E-state index in [0.29, 0.717) is 25.3 Å². The Morgan fingerprint density at radius 3 is 2.69 bits per heavy atom. The highest BCUT2D eigenvalue weighted by Gasteiger charge is 2.07. The summed E-state index contributed by atoms with van der Waals surface area (Å²) < 4.78 is 5.83. The lowest BCUT2D eigenvalue weighted by Crippen LogP contribution is -2.40. The van der Waals surface area contributed by atoms with E-state index in [2.05, 4.69) is 16.4 Å². The minimum absolute atomic E-state index is 0. The van der Waals surface area contributed by atoms with Gasteiger partial charge in [0.25, 0.3) is 0 Å². The molecule has 6 heteroatoms. The number of aryl methyl sites for hydroxylation is 1. The average molecular weight is 464 g/mol. The number of rotatable bonds is 6. The molecule has 0 amide bonds. The first-order valence-electron chi connectivity index (χ1n) is 8.23. The SMILES string of the molecule is CN=C(NCc1cccc(C#N)c1)N(C)CCOc1ccccc1C.I. The van der Waals surface area contributed by atoms with E-state index in [1.807, 2.05) is 61.3 Å². The average Bonchev–Trinajstić information content (AvgIpc) is 2.64. The fraction of sp³-hybridized carbons (Fsp3) is 0.300. The molecular weight excluding hydrogens is 439 g/mol. The van der Waals surface area contributed by atoms with E-state index in [1.165, 1.54) is 0 Å². The maximum absolute atomic E-state index is 8.97. The normalized spacial score (nSPS) is 10.5. The summed E-state index contributed by atoms with van der Waals surface area (Å²) >= 11 is 0. The van der Waals surface area contributed by atoms with Gasteiger partial charge in [-0.3, -0.25) is 4.99 Å². The van der Waals surface area contributed by atoms with E-state index in [1.54, 1.807) is 13.1 Å². The molecule has 0 aliphatic rings. The Morgan fingerprint density at radius 1 is 1.23 bits per heavy atom. The van der Waals surface area contributed by atoms with Crippen molar-refractivity contribution in [3.8, 4) is 11.8 Å². The Balaban J connectivity index is 0.00000338. The number of nitriles is 1. The number of hydrogen-bond acceptors (Lipinski definition) is 3. The van der Waals surface area contributed by atoms with Crippen molar-refractivity contribution in [1.82, 2.24) is 10.2 Å². The van der Waals surface area contributed by atoms with Gasteiger partial charge in [-0.05, 0) is 36.2 Å². The maximum atomic E-state index is 8.97. The zero-order chi connectivity index (χ0) is 18.1. The molecule has 0 spiro atoms. The van der Waals surface area contributed by atoms with Crippen molar-refractivity contribution in [1.29, 1.82) is 5.26 Å². The van der Waals surface area contributed by atoms with Gasteiger partial charge in [-0.15, -0.1) is 24.0 Å². The third-order valence-electron chi connectivity index (χ3n) is 3.86. The Morgan fingerprint density at radius 2 is 2.00 bits per heavy atom. The summed E-state index contributed by atoms with van der Waals surface area (Å²) in [6.07, 6.45) is 0. The largest absolute Gasteiger partial charge is 0.491 e. The topological polar surface area (TPSA) is 60.7 Å². The first-order chi connectivity index (χ1) is 12.1. The van der Waals surface area contributed by atoms with Crippen LogP contribution in [0, 0.1) is 18.3 Å². The molecule has 0 aliphatic heterocycles. The van der Waals surface area contributed by atoms with Gasteiger partial charge in [0.05, 0.1) is 18.2 Å². The van der Waals surface area contributed by atoms with Crippen molar-refractivity contribution < 1.29 is 4.74 Å². The Labute approximate surface area is 172 Å². The van der Waals surface area contributed by atoms with Gasteiger partial charge in [-0.25, -0.2) is 0 Å². The lowest BCUT2D eigenvalue weighted by Gasteiger charge is -2.22. The van der Waals surface area contributed by atoms with Gasteiger partial charge >= 0.3 is 0 Å². The number of nitrogens with one attached hydrogen (secondary N) is 1. The van der Waals surface area contributed by atoms with E-state index in [0.717, 1.165) is 22.8 Å². The number of nitrogens with zero attached hydrogens (tertiary/aromatic N) is 3. The van der Waals surface area contributed by atoms with E-state index >= 15 is 0 Å². The zero-order valence-corrected chi connectivity index (χ0v) is 17.7. The van der Waals surface area contributed by atoms with E-state index in [9.17, 15) is 0 Å². The van der Waals surface area contributed by atoms with Gasteiger partial charge in [-0.2, -0.15) is 5.26 Å². The van der Waals surface area contributed by atoms with Crippen LogP contribution >= 0.6 is 24.0 Å². The number of hydrogen-bond donors (Lipinski definition) is 1. The van der Waals surface area contributed by atoms with Gasteiger partial charge in [0.1, 0.15) is 12.4 Å². The standard InChI is InChI=1S/C20H24N4O.HI/c1-16-7-4-5-10-19(16)25-12-11-24(3)20(22-2)23-15-18-9-6-8-17(13-18)14-21;/h4-10,13H,11-12,15H2,1-3H3,(H,22,23);1H. The molecular formula is C20H25IN4O. The van der Waals surface area contributed by atoms with Crippen LogP contribution in [0.4, 0.5) is 0 Å². The summed E-state index contributed by atoms with van der Waals surface area (Å²) in [5.74, 6) is 1.70. The van der Waals surface area contributed by atoms with Crippen LogP contribution in [-0.4, -0.2) is 38.1 Å². The predicted octanol–water partition coefficient (Wildman–Crippen LogP) is 3.57. The van der Waals surface area contributed by atoms with Crippen LogP contribution in [0.3, 0.4) is 0 Å². The molecule has 0 bridgehead atoms. The molecule has 0 atom stereocenters. The number of aliphatic imine (C=N–C) groups is 1. The molecule has 0 radical (unpaired) electrons. The molecule has 1 N–H and O–H groups in total. The van der Waals surface area contributed by atoms with Crippen LogP contribution in [0.2, 0.25) is 0 Å². The van der Waals surface area contributed by atoms with Crippen molar-refractivity contribution in [2.75, 3.05) is 27.2 Å². The number of likely N-dealkylation sites (N-methyl/N-ethyl adjacent to an activating group) is 1. The second kappa shape index (κ2) is 11.4. The summed E-state index contributed by atoms with van der Waals surface area (Å²) in [4.78, 5) is 6.32. The van der Waals surface area contributed by atoms with Crippen LogP contribution in [-0.2, 0) is 6.54 Å². The highest BCUT2D eigenvalue weighted by Crippen LogP contribution is 2.15. The van der Waals surface area contributed by atoms with E-state index in [4.69, 9.17) is 10.00 Å². The first kappa shape index (κ1) is 21.8. The first-order valence-corrected chi connectivity index (χ1v) is 8.23. The van der Waals surface area contributed by atoms with Crippen LogP contribution in [0.5, 0.6) is 5.75 Å². The molecule has 0 heterocycles. The van der Waals surface area contributed by atoms with Crippen molar-refractivity contribution in [3.63, 3.8) is 0 Å². The number of guanidine groups is 1. The molecule has 0 saturated carbocycles. The smallest absolute Gasteiger partial charge is 0.193 e. The van der Waals surface area contributed by atoms with Crippen LogP contribution in [0.1, 0.15) is 16.7 Å². The Bertz CT molecular complexity index is 770. The minimum Gasteiger partial charge on any atom is -0.491 e. The van der Waals surface area contributed by atoms with Gasteiger partial charge < -0.3 is 15.0 Å². The van der Waals surface area contributed by atoms with Crippen molar-refractivity contribution >= 4 is 29.9 Å². The fourth-order valence-electron chi connectivity index (χ4n) is 2.43. The maximum Gasteiger partial charge on any atom is 0.193 e. The summed E-state index contributed by atoms with van der Waals surface area (Å²) in [6, 6.07) is 17.7. The Kier molecular flexibility index (Phi) is 9.52. The zero-order valence-electron chi connectivity index (χ0n) is 15.4. The monoisotopic (exact) mass is 464 g/mol.